The quantitative estimate of drug-likeness (QED) is 0.471. The molecule has 0 atom stereocenters. The van der Waals surface area contributed by atoms with Crippen LogP contribution in [0.4, 0.5) is 5.69 Å². The Hall–Kier alpha value is -4.06. The van der Waals surface area contributed by atoms with Crippen molar-refractivity contribution in [2.75, 3.05) is 25.6 Å². The van der Waals surface area contributed by atoms with Crippen LogP contribution in [-0.2, 0) is 9.59 Å². The summed E-state index contributed by atoms with van der Waals surface area (Å²) >= 11 is 0. The number of hydrogen-bond acceptors (Lipinski definition) is 6. The van der Waals surface area contributed by atoms with Gasteiger partial charge in [-0.25, -0.2) is 0 Å². The van der Waals surface area contributed by atoms with Gasteiger partial charge in [0.25, 0.3) is 5.91 Å². The number of nitrogens with zero attached hydrogens (tertiary/aromatic N) is 1. The van der Waals surface area contributed by atoms with E-state index in [9.17, 15) is 14.4 Å². The first-order chi connectivity index (χ1) is 14.9. The predicted molar refractivity (Wildman–Crippen MR) is 114 cm³/mol. The number of primary amides is 1. The zero-order valence-electron chi connectivity index (χ0n) is 17.1. The van der Waals surface area contributed by atoms with Gasteiger partial charge in [0.05, 0.1) is 36.6 Å². The van der Waals surface area contributed by atoms with Gasteiger partial charge in [-0.15, -0.1) is 0 Å². The minimum atomic E-state index is -0.511. The van der Waals surface area contributed by atoms with Gasteiger partial charge in [-0.05, 0) is 30.7 Å². The lowest BCUT2D eigenvalue weighted by Gasteiger charge is -2.12. The number of benzene rings is 2. The van der Waals surface area contributed by atoms with Gasteiger partial charge in [0.15, 0.2) is 11.5 Å². The number of methoxy groups -OCH3 is 1. The summed E-state index contributed by atoms with van der Waals surface area (Å²) in [4.78, 5) is 35.4. The van der Waals surface area contributed by atoms with Crippen LogP contribution >= 0.6 is 0 Å². The van der Waals surface area contributed by atoms with E-state index >= 15 is 0 Å². The molecule has 162 valence electrons. The maximum atomic E-state index is 12.3. The highest BCUT2D eigenvalue weighted by molar-refractivity contribution is 6.03. The summed E-state index contributed by atoms with van der Waals surface area (Å²) in [6.07, 6.45) is 0.641. The van der Waals surface area contributed by atoms with E-state index in [1.807, 2.05) is 6.07 Å². The largest absolute Gasteiger partial charge is 0.493 e. The molecule has 0 aliphatic carbocycles. The second-order valence-electron chi connectivity index (χ2n) is 6.50. The molecule has 9 heteroatoms. The maximum absolute atomic E-state index is 12.3. The number of carbonyl (C=O) groups is 3. The SMILES string of the molecule is COc1cc(C#N)ccc1OCCCC(=O)Nc1ccccc1C(=O)NCCC(N)=O. The van der Waals surface area contributed by atoms with E-state index in [1.54, 1.807) is 42.5 Å². The van der Waals surface area contributed by atoms with Crippen molar-refractivity contribution in [1.82, 2.24) is 5.32 Å². The lowest BCUT2D eigenvalue weighted by atomic mass is 10.1. The molecule has 0 saturated carbocycles. The Balaban J connectivity index is 1.85. The molecule has 0 fully saturated rings. The number of amides is 3. The first kappa shape index (κ1) is 23.2. The molecule has 0 radical (unpaired) electrons. The van der Waals surface area contributed by atoms with E-state index < -0.39 is 11.8 Å². The molecular weight excluding hydrogens is 400 g/mol. The smallest absolute Gasteiger partial charge is 0.253 e. The maximum Gasteiger partial charge on any atom is 0.253 e. The molecule has 0 saturated heterocycles. The average Bonchev–Trinajstić information content (AvgIpc) is 2.76. The Labute approximate surface area is 180 Å². The third-order valence-electron chi connectivity index (χ3n) is 4.20. The van der Waals surface area contributed by atoms with Crippen molar-refractivity contribution >= 4 is 23.4 Å². The van der Waals surface area contributed by atoms with Gasteiger partial charge in [-0.2, -0.15) is 5.26 Å². The highest BCUT2D eigenvalue weighted by Gasteiger charge is 2.13. The van der Waals surface area contributed by atoms with Crippen LogP contribution in [0.15, 0.2) is 42.5 Å². The molecule has 0 heterocycles. The molecule has 0 aliphatic heterocycles. The van der Waals surface area contributed by atoms with E-state index in [1.165, 1.54) is 7.11 Å². The molecule has 2 rings (SSSR count). The predicted octanol–water partition coefficient (Wildman–Crippen LogP) is 1.97. The van der Waals surface area contributed by atoms with Gasteiger partial charge in [-0.3, -0.25) is 14.4 Å². The Kier molecular flexibility index (Phi) is 8.86. The first-order valence-corrected chi connectivity index (χ1v) is 9.61. The number of para-hydroxylation sites is 1. The number of hydrogen-bond donors (Lipinski definition) is 3. The van der Waals surface area contributed by atoms with Crippen molar-refractivity contribution in [2.24, 2.45) is 5.73 Å². The third kappa shape index (κ3) is 7.36. The van der Waals surface area contributed by atoms with E-state index in [2.05, 4.69) is 10.6 Å². The highest BCUT2D eigenvalue weighted by atomic mass is 16.5. The molecule has 0 bridgehead atoms. The first-order valence-electron chi connectivity index (χ1n) is 9.61. The van der Waals surface area contributed by atoms with Crippen molar-refractivity contribution in [3.05, 3.63) is 53.6 Å². The van der Waals surface area contributed by atoms with Crippen LogP contribution in [0, 0.1) is 11.3 Å². The van der Waals surface area contributed by atoms with Crippen LogP contribution < -0.4 is 25.8 Å². The van der Waals surface area contributed by atoms with Crippen LogP contribution in [0.2, 0.25) is 0 Å². The Bertz CT molecular complexity index is 984. The number of carbonyl (C=O) groups excluding carboxylic acids is 3. The van der Waals surface area contributed by atoms with Crippen LogP contribution in [0.5, 0.6) is 11.5 Å². The molecule has 9 nitrogen and oxygen atoms in total. The van der Waals surface area contributed by atoms with E-state index in [0.717, 1.165) is 0 Å². The minimum Gasteiger partial charge on any atom is -0.493 e. The molecule has 2 aromatic carbocycles. The van der Waals surface area contributed by atoms with Gasteiger partial charge >= 0.3 is 0 Å². The normalized spacial score (nSPS) is 9.94. The monoisotopic (exact) mass is 424 g/mol. The fraction of sp³-hybridized carbons (Fsp3) is 0.273. The Morgan fingerprint density at radius 2 is 1.87 bits per heavy atom. The van der Waals surface area contributed by atoms with Crippen molar-refractivity contribution in [2.45, 2.75) is 19.3 Å². The summed E-state index contributed by atoms with van der Waals surface area (Å²) in [7, 11) is 1.48. The van der Waals surface area contributed by atoms with Gasteiger partial charge < -0.3 is 25.8 Å². The average molecular weight is 424 g/mol. The topological polar surface area (TPSA) is 144 Å². The third-order valence-corrected chi connectivity index (χ3v) is 4.20. The fourth-order valence-electron chi connectivity index (χ4n) is 2.67. The van der Waals surface area contributed by atoms with E-state index in [4.69, 9.17) is 20.5 Å². The molecule has 4 N–H and O–H groups in total. The molecule has 0 spiro atoms. The van der Waals surface area contributed by atoms with Crippen LogP contribution in [0.25, 0.3) is 0 Å². The second-order valence-corrected chi connectivity index (χ2v) is 6.50. The molecular formula is C22H24N4O5. The highest BCUT2D eigenvalue weighted by Crippen LogP contribution is 2.28. The van der Waals surface area contributed by atoms with Crippen molar-refractivity contribution < 1.29 is 23.9 Å². The number of rotatable bonds is 11. The summed E-state index contributed by atoms with van der Waals surface area (Å²) in [6, 6.07) is 13.5. The number of nitrogens with two attached hydrogens (primary N) is 1. The van der Waals surface area contributed by atoms with Crippen LogP contribution in [0.3, 0.4) is 0 Å². The minimum absolute atomic E-state index is 0.0320. The van der Waals surface area contributed by atoms with Crippen LogP contribution in [-0.4, -0.2) is 38.0 Å². The van der Waals surface area contributed by atoms with Crippen molar-refractivity contribution in [1.29, 1.82) is 5.26 Å². The fourth-order valence-corrected chi connectivity index (χ4v) is 2.67. The number of anilines is 1. The zero-order chi connectivity index (χ0) is 22.6. The molecule has 3 amide bonds. The summed E-state index contributed by atoms with van der Waals surface area (Å²) in [5.74, 6) is -0.261. The van der Waals surface area contributed by atoms with Crippen LogP contribution in [0.1, 0.15) is 35.2 Å². The van der Waals surface area contributed by atoms with Gasteiger partial charge in [0.1, 0.15) is 0 Å². The Morgan fingerprint density at radius 1 is 1.10 bits per heavy atom. The molecule has 0 aliphatic rings. The molecule has 0 unspecified atom stereocenters. The summed E-state index contributed by atoms with van der Waals surface area (Å²) in [6.45, 7) is 0.386. The lowest BCUT2D eigenvalue weighted by Crippen LogP contribution is -2.28. The molecule has 2 aromatic rings. The zero-order valence-corrected chi connectivity index (χ0v) is 17.1. The number of nitrogens with one attached hydrogen (secondary N) is 2. The van der Waals surface area contributed by atoms with E-state index in [-0.39, 0.29) is 31.9 Å². The number of ether oxygens (including phenoxy) is 2. The Morgan fingerprint density at radius 3 is 2.58 bits per heavy atom. The van der Waals surface area contributed by atoms with Gasteiger partial charge in [0, 0.05) is 25.5 Å². The number of nitriles is 1. The summed E-state index contributed by atoms with van der Waals surface area (Å²) in [5, 5.41) is 14.2. The second kappa shape index (κ2) is 11.8. The summed E-state index contributed by atoms with van der Waals surface area (Å²) in [5.41, 5.74) is 6.18. The summed E-state index contributed by atoms with van der Waals surface area (Å²) < 4.78 is 10.8. The standard InChI is InChI=1S/C22H24N4O5/c1-30-19-13-15(14-23)8-9-18(19)31-12-4-7-21(28)26-17-6-3-2-5-16(17)22(29)25-11-10-20(24)27/h2-3,5-6,8-9,13H,4,7,10-12H2,1H3,(H2,24,27)(H,25,29)(H,26,28). The molecule has 31 heavy (non-hydrogen) atoms. The van der Waals surface area contributed by atoms with Gasteiger partial charge in [-0.1, -0.05) is 12.1 Å². The lowest BCUT2D eigenvalue weighted by molar-refractivity contribution is -0.118. The molecule has 0 aromatic heterocycles. The van der Waals surface area contributed by atoms with Crippen molar-refractivity contribution in [3.8, 4) is 17.6 Å². The van der Waals surface area contributed by atoms with Gasteiger partial charge in [0.2, 0.25) is 11.8 Å². The van der Waals surface area contributed by atoms with E-state index in [0.29, 0.717) is 34.7 Å². The van der Waals surface area contributed by atoms with Crippen molar-refractivity contribution in [3.63, 3.8) is 0 Å².